The molecular formula is C34H44. The van der Waals surface area contributed by atoms with Crippen LogP contribution in [-0.2, 0) is 6.42 Å². The first-order chi connectivity index (χ1) is 16.5. The summed E-state index contributed by atoms with van der Waals surface area (Å²) in [6, 6.07) is 27.9. The highest BCUT2D eigenvalue weighted by atomic mass is 14.3. The number of hydrogen-bond donors (Lipinski definition) is 0. The Hall–Kier alpha value is -2.60. The van der Waals surface area contributed by atoms with Gasteiger partial charge >= 0.3 is 0 Å². The molecule has 0 radical (unpaired) electrons. The van der Waals surface area contributed by atoms with Gasteiger partial charge in [-0.15, -0.1) is 0 Å². The molecule has 0 heterocycles. The molecule has 0 aromatic heterocycles. The molecule has 3 rings (SSSR count). The summed E-state index contributed by atoms with van der Waals surface area (Å²) in [5.74, 6) is 2.25. The molecule has 0 spiro atoms. The molecule has 0 aliphatic carbocycles. The smallest absolute Gasteiger partial charge is 0.0150 e. The molecule has 34 heavy (non-hydrogen) atoms. The molecule has 0 aliphatic heterocycles. The molecule has 0 aliphatic rings. The van der Waals surface area contributed by atoms with Crippen molar-refractivity contribution in [3.63, 3.8) is 0 Å². The Kier molecular flexibility index (Phi) is 9.75. The van der Waals surface area contributed by atoms with Crippen LogP contribution in [0.15, 0.2) is 79.4 Å². The summed E-state index contributed by atoms with van der Waals surface area (Å²) in [6.45, 7) is 15.5. The quantitative estimate of drug-likeness (QED) is 0.256. The minimum atomic E-state index is 0.533. The van der Waals surface area contributed by atoms with Gasteiger partial charge in [0.2, 0.25) is 0 Å². The van der Waals surface area contributed by atoms with E-state index < -0.39 is 0 Å². The zero-order valence-electron chi connectivity index (χ0n) is 22.1. The van der Waals surface area contributed by atoms with Crippen molar-refractivity contribution in [2.45, 2.75) is 90.4 Å². The molecule has 0 amide bonds. The molecule has 180 valence electrons. The maximum absolute atomic E-state index is 3.91. The van der Waals surface area contributed by atoms with Crippen LogP contribution in [0, 0.1) is 0 Å². The van der Waals surface area contributed by atoms with Crippen LogP contribution in [0.2, 0.25) is 0 Å². The second kappa shape index (κ2) is 12.7. The zero-order valence-corrected chi connectivity index (χ0v) is 22.1. The van der Waals surface area contributed by atoms with Gasteiger partial charge in [-0.25, -0.2) is 0 Å². The van der Waals surface area contributed by atoms with E-state index in [1.165, 1.54) is 52.6 Å². The lowest BCUT2D eigenvalue weighted by Crippen LogP contribution is -2.10. The first-order valence-corrected chi connectivity index (χ1v) is 13.4. The van der Waals surface area contributed by atoms with Gasteiger partial charge in [-0.1, -0.05) is 120 Å². The summed E-state index contributed by atoms with van der Waals surface area (Å²) < 4.78 is 0. The van der Waals surface area contributed by atoms with Crippen LogP contribution in [0.4, 0.5) is 0 Å². The SMILES string of the molecule is C=Cc1ccc(C(CC)CC(CC(C)c2ccc(CC)cc2)c2ccc(C(C)CC)cc2)cc1. The molecule has 3 aromatic rings. The lowest BCUT2D eigenvalue weighted by molar-refractivity contribution is 0.467. The Morgan fingerprint density at radius 2 is 1.09 bits per heavy atom. The third-order valence-corrected chi connectivity index (χ3v) is 7.89. The third kappa shape index (κ3) is 6.72. The number of benzene rings is 3. The predicted octanol–water partition coefficient (Wildman–Crippen LogP) is 10.3. The molecule has 0 saturated carbocycles. The van der Waals surface area contributed by atoms with Crippen LogP contribution in [0.25, 0.3) is 6.08 Å². The van der Waals surface area contributed by atoms with Crippen molar-refractivity contribution in [1.29, 1.82) is 0 Å². The summed E-state index contributed by atoms with van der Waals surface area (Å²) in [5, 5.41) is 0. The van der Waals surface area contributed by atoms with Crippen LogP contribution in [0.5, 0.6) is 0 Å². The minimum Gasteiger partial charge on any atom is -0.0985 e. The second-order valence-electron chi connectivity index (χ2n) is 10.1. The highest BCUT2D eigenvalue weighted by Gasteiger charge is 2.22. The van der Waals surface area contributed by atoms with E-state index in [0.717, 1.165) is 12.8 Å². The second-order valence-corrected chi connectivity index (χ2v) is 10.1. The van der Waals surface area contributed by atoms with Crippen molar-refractivity contribution in [3.8, 4) is 0 Å². The van der Waals surface area contributed by atoms with Crippen LogP contribution in [-0.4, -0.2) is 0 Å². The molecule has 0 nitrogen and oxygen atoms in total. The number of aryl methyl sites for hydroxylation is 1. The van der Waals surface area contributed by atoms with Gasteiger partial charge in [0.1, 0.15) is 0 Å². The lowest BCUT2D eigenvalue weighted by Gasteiger charge is -2.27. The van der Waals surface area contributed by atoms with Gasteiger partial charge in [0.05, 0.1) is 0 Å². The first-order valence-electron chi connectivity index (χ1n) is 13.4. The van der Waals surface area contributed by atoms with Crippen LogP contribution >= 0.6 is 0 Å². The zero-order chi connectivity index (χ0) is 24.5. The van der Waals surface area contributed by atoms with E-state index >= 15 is 0 Å². The Morgan fingerprint density at radius 3 is 1.62 bits per heavy atom. The Balaban J connectivity index is 1.87. The summed E-state index contributed by atoms with van der Waals surface area (Å²) in [6.07, 6.45) is 7.74. The highest BCUT2D eigenvalue weighted by Crippen LogP contribution is 2.39. The van der Waals surface area contributed by atoms with Gasteiger partial charge in [-0.05, 0) is 89.2 Å². The van der Waals surface area contributed by atoms with Gasteiger partial charge in [-0.2, -0.15) is 0 Å². The monoisotopic (exact) mass is 452 g/mol. The Morgan fingerprint density at radius 1 is 0.588 bits per heavy atom. The van der Waals surface area contributed by atoms with Crippen molar-refractivity contribution in [2.24, 2.45) is 0 Å². The van der Waals surface area contributed by atoms with E-state index in [9.17, 15) is 0 Å². The van der Waals surface area contributed by atoms with Crippen LogP contribution in [0.3, 0.4) is 0 Å². The van der Waals surface area contributed by atoms with Crippen LogP contribution in [0.1, 0.15) is 117 Å². The van der Waals surface area contributed by atoms with E-state index in [2.05, 4.69) is 114 Å². The van der Waals surface area contributed by atoms with E-state index in [-0.39, 0.29) is 0 Å². The van der Waals surface area contributed by atoms with Crippen molar-refractivity contribution in [1.82, 2.24) is 0 Å². The highest BCUT2D eigenvalue weighted by molar-refractivity contribution is 5.47. The van der Waals surface area contributed by atoms with Crippen molar-refractivity contribution in [2.75, 3.05) is 0 Å². The fourth-order valence-electron chi connectivity index (χ4n) is 5.13. The summed E-state index contributed by atoms with van der Waals surface area (Å²) in [7, 11) is 0. The van der Waals surface area contributed by atoms with E-state index in [0.29, 0.717) is 23.7 Å². The van der Waals surface area contributed by atoms with Gasteiger partial charge in [0, 0.05) is 0 Å². The molecule has 0 N–H and O–H groups in total. The molecular weight excluding hydrogens is 408 g/mol. The normalized spacial score (nSPS) is 14.9. The Bertz CT molecular complexity index is 991. The fourth-order valence-corrected chi connectivity index (χ4v) is 5.13. The van der Waals surface area contributed by atoms with Crippen molar-refractivity contribution >= 4 is 6.08 Å². The predicted molar refractivity (Wildman–Crippen MR) is 151 cm³/mol. The molecule has 0 heteroatoms. The van der Waals surface area contributed by atoms with E-state index in [1.54, 1.807) is 0 Å². The molecule has 0 bridgehead atoms. The first kappa shape index (κ1) is 26.0. The van der Waals surface area contributed by atoms with Crippen molar-refractivity contribution < 1.29 is 0 Å². The van der Waals surface area contributed by atoms with Gasteiger partial charge in [0.15, 0.2) is 0 Å². The lowest BCUT2D eigenvalue weighted by atomic mass is 9.78. The topological polar surface area (TPSA) is 0 Å². The maximum atomic E-state index is 3.91. The summed E-state index contributed by atoms with van der Waals surface area (Å²) in [5.41, 5.74) is 8.48. The molecule has 4 atom stereocenters. The largest absolute Gasteiger partial charge is 0.0985 e. The fraction of sp³-hybridized carbons (Fsp3) is 0.412. The standard InChI is InChI=1S/C34H44/c1-7-25(5)30-19-21-33(22-20-30)34(23-26(6)31-15-11-27(8-2)12-16-31)24-29(10-4)32-17-13-28(9-3)14-18-32/h9,11-22,25-26,29,34H,3,7-8,10,23-24H2,1-2,4-6H3. The number of hydrogen-bond acceptors (Lipinski definition) is 0. The van der Waals surface area contributed by atoms with Gasteiger partial charge in [-0.3, -0.25) is 0 Å². The van der Waals surface area contributed by atoms with Gasteiger partial charge in [0.25, 0.3) is 0 Å². The molecule has 0 saturated heterocycles. The van der Waals surface area contributed by atoms with Crippen molar-refractivity contribution in [3.05, 3.63) is 113 Å². The summed E-state index contributed by atoms with van der Waals surface area (Å²) >= 11 is 0. The Labute approximate surface area is 209 Å². The third-order valence-electron chi connectivity index (χ3n) is 7.89. The number of rotatable bonds is 12. The van der Waals surface area contributed by atoms with Gasteiger partial charge < -0.3 is 0 Å². The average Bonchev–Trinajstić information content (AvgIpc) is 2.90. The minimum absolute atomic E-state index is 0.533. The molecule has 4 unspecified atom stereocenters. The average molecular weight is 453 g/mol. The maximum Gasteiger partial charge on any atom is -0.0150 e. The summed E-state index contributed by atoms with van der Waals surface area (Å²) in [4.78, 5) is 0. The molecule has 3 aromatic carbocycles. The molecule has 0 fully saturated rings. The van der Waals surface area contributed by atoms with E-state index in [1.807, 2.05) is 6.08 Å². The van der Waals surface area contributed by atoms with Crippen LogP contribution < -0.4 is 0 Å². The van der Waals surface area contributed by atoms with E-state index in [4.69, 9.17) is 0 Å².